The molecule has 1 N–H and O–H groups in total. The minimum atomic E-state index is -0.539. The Kier molecular flexibility index (Phi) is 3.26. The summed E-state index contributed by atoms with van der Waals surface area (Å²) >= 11 is 1.41. The summed E-state index contributed by atoms with van der Waals surface area (Å²) in [6, 6.07) is 3.68. The zero-order valence-electron chi connectivity index (χ0n) is 9.04. The van der Waals surface area contributed by atoms with Crippen molar-refractivity contribution in [2.45, 2.75) is 30.1 Å². The highest BCUT2D eigenvalue weighted by molar-refractivity contribution is 7.99. The van der Waals surface area contributed by atoms with Crippen LogP contribution in [0.3, 0.4) is 0 Å². The van der Waals surface area contributed by atoms with Gasteiger partial charge in [0.2, 0.25) is 0 Å². The monoisotopic (exact) mass is 236 g/mol. The molecule has 2 aromatic heterocycles. The minimum Gasteiger partial charge on any atom is -0.439 e. The van der Waals surface area contributed by atoms with Crippen LogP contribution in [0.5, 0.6) is 0 Å². The van der Waals surface area contributed by atoms with Crippen LogP contribution in [0.4, 0.5) is 0 Å². The first kappa shape index (κ1) is 11.2. The summed E-state index contributed by atoms with van der Waals surface area (Å²) in [6.07, 6.45) is 2.77. The van der Waals surface area contributed by atoms with Crippen LogP contribution in [0.1, 0.15) is 24.4 Å². The summed E-state index contributed by atoms with van der Waals surface area (Å²) in [5.74, 6) is 0. The fourth-order valence-corrected chi connectivity index (χ4v) is 1.91. The summed E-state index contributed by atoms with van der Waals surface area (Å²) in [5, 5.41) is 9.91. The third kappa shape index (κ3) is 2.62. The number of aliphatic hydroxyl groups is 1. The molecule has 16 heavy (non-hydrogen) atoms. The molecule has 0 amide bonds. The van der Waals surface area contributed by atoms with Gasteiger partial charge >= 0.3 is 0 Å². The van der Waals surface area contributed by atoms with Gasteiger partial charge in [-0.25, -0.2) is 4.98 Å². The van der Waals surface area contributed by atoms with Crippen molar-refractivity contribution in [3.8, 4) is 0 Å². The number of aryl methyl sites for hydroxylation is 1. The number of oxazole rings is 1. The molecule has 0 spiro atoms. The number of hydrogen-bond donors (Lipinski definition) is 1. The molecule has 0 aliphatic carbocycles. The van der Waals surface area contributed by atoms with Gasteiger partial charge < -0.3 is 9.52 Å². The van der Waals surface area contributed by atoms with Gasteiger partial charge in [-0.15, -0.1) is 0 Å². The maximum atomic E-state index is 9.31. The van der Waals surface area contributed by atoms with Crippen LogP contribution in [0.25, 0.3) is 0 Å². The van der Waals surface area contributed by atoms with Crippen LogP contribution >= 0.6 is 11.8 Å². The molecule has 0 unspecified atom stereocenters. The van der Waals surface area contributed by atoms with Crippen LogP contribution < -0.4 is 0 Å². The SMILES string of the molecule is Cc1coc(Sc2ccc([C@@H](C)O)nc2)n1. The van der Waals surface area contributed by atoms with Crippen molar-refractivity contribution in [3.05, 3.63) is 36.0 Å². The van der Waals surface area contributed by atoms with E-state index in [-0.39, 0.29) is 0 Å². The summed E-state index contributed by atoms with van der Waals surface area (Å²) < 4.78 is 5.22. The van der Waals surface area contributed by atoms with Crippen molar-refractivity contribution in [1.82, 2.24) is 9.97 Å². The molecule has 0 saturated heterocycles. The second-order valence-corrected chi connectivity index (χ2v) is 4.48. The zero-order chi connectivity index (χ0) is 11.5. The van der Waals surface area contributed by atoms with E-state index in [0.717, 1.165) is 10.6 Å². The maximum Gasteiger partial charge on any atom is 0.260 e. The molecule has 0 aliphatic heterocycles. The Hall–Kier alpha value is -1.33. The first-order valence-electron chi connectivity index (χ1n) is 4.89. The molecule has 2 heterocycles. The standard InChI is InChI=1S/C11H12N2O2S/c1-7-6-15-11(13-7)16-9-3-4-10(8(2)14)12-5-9/h3-6,8,14H,1-2H3/t8-/m1/s1. The normalized spacial score (nSPS) is 12.7. The van der Waals surface area contributed by atoms with E-state index in [4.69, 9.17) is 4.42 Å². The predicted octanol–water partition coefficient (Wildman–Crippen LogP) is 2.58. The van der Waals surface area contributed by atoms with Gasteiger partial charge in [0.25, 0.3) is 5.22 Å². The molecule has 4 nitrogen and oxygen atoms in total. The second kappa shape index (κ2) is 4.67. The van der Waals surface area contributed by atoms with Crippen LogP contribution in [0.15, 0.2) is 39.1 Å². The van der Waals surface area contributed by atoms with Crippen molar-refractivity contribution < 1.29 is 9.52 Å². The minimum absolute atomic E-state index is 0.539. The van der Waals surface area contributed by atoms with Gasteiger partial charge in [-0.1, -0.05) is 0 Å². The molecule has 2 aromatic rings. The fraction of sp³-hybridized carbons (Fsp3) is 0.273. The number of hydrogen-bond acceptors (Lipinski definition) is 5. The van der Waals surface area contributed by atoms with E-state index in [9.17, 15) is 5.11 Å². The van der Waals surface area contributed by atoms with Gasteiger partial charge in [0.15, 0.2) is 0 Å². The predicted molar refractivity (Wildman–Crippen MR) is 60.2 cm³/mol. The highest BCUT2D eigenvalue weighted by Crippen LogP contribution is 2.26. The summed E-state index contributed by atoms with van der Waals surface area (Å²) in [7, 11) is 0. The molecule has 0 bridgehead atoms. The Labute approximate surface area is 97.7 Å². The highest BCUT2D eigenvalue weighted by Gasteiger charge is 2.06. The summed E-state index contributed by atoms with van der Waals surface area (Å²) in [5.41, 5.74) is 1.52. The Bertz CT molecular complexity index is 465. The van der Waals surface area contributed by atoms with Crippen molar-refractivity contribution in [3.63, 3.8) is 0 Å². The molecule has 0 aromatic carbocycles. The lowest BCUT2D eigenvalue weighted by Crippen LogP contribution is -1.94. The lowest BCUT2D eigenvalue weighted by Gasteiger charge is -2.03. The largest absolute Gasteiger partial charge is 0.439 e. The van der Waals surface area contributed by atoms with E-state index in [1.54, 1.807) is 25.5 Å². The number of nitrogens with zero attached hydrogens (tertiary/aromatic N) is 2. The Balaban J connectivity index is 2.11. The maximum absolute atomic E-state index is 9.31. The van der Waals surface area contributed by atoms with Crippen LogP contribution in [-0.2, 0) is 0 Å². The van der Waals surface area contributed by atoms with Gasteiger partial charge in [0, 0.05) is 11.1 Å². The second-order valence-electron chi connectivity index (χ2n) is 3.45. The number of rotatable bonds is 3. The molecule has 0 aliphatic rings. The van der Waals surface area contributed by atoms with Crippen molar-refractivity contribution in [1.29, 1.82) is 0 Å². The van der Waals surface area contributed by atoms with Gasteiger partial charge in [-0.05, 0) is 37.7 Å². The zero-order valence-corrected chi connectivity index (χ0v) is 9.86. The number of pyridine rings is 1. The lowest BCUT2D eigenvalue weighted by atomic mass is 10.2. The van der Waals surface area contributed by atoms with Gasteiger partial charge in [-0.3, -0.25) is 4.98 Å². The summed E-state index contributed by atoms with van der Waals surface area (Å²) in [6.45, 7) is 3.56. The molecule has 0 fully saturated rings. The quantitative estimate of drug-likeness (QED) is 0.887. The van der Waals surface area contributed by atoms with E-state index in [2.05, 4.69) is 9.97 Å². The van der Waals surface area contributed by atoms with E-state index in [1.807, 2.05) is 13.0 Å². The fourth-order valence-electron chi connectivity index (χ4n) is 1.18. The molecule has 1 atom stereocenters. The number of aromatic nitrogens is 2. The molecule has 0 saturated carbocycles. The first-order valence-corrected chi connectivity index (χ1v) is 5.71. The summed E-state index contributed by atoms with van der Waals surface area (Å²) in [4.78, 5) is 9.26. The van der Waals surface area contributed by atoms with Crippen LogP contribution in [0.2, 0.25) is 0 Å². The molecule has 2 rings (SSSR count). The molecule has 5 heteroatoms. The third-order valence-electron chi connectivity index (χ3n) is 1.99. The van der Waals surface area contributed by atoms with Crippen molar-refractivity contribution in [2.24, 2.45) is 0 Å². The van der Waals surface area contributed by atoms with E-state index in [1.165, 1.54) is 11.8 Å². The van der Waals surface area contributed by atoms with Crippen LogP contribution in [-0.4, -0.2) is 15.1 Å². The van der Waals surface area contributed by atoms with E-state index in [0.29, 0.717) is 10.9 Å². The molecule has 0 radical (unpaired) electrons. The van der Waals surface area contributed by atoms with Gasteiger partial charge in [-0.2, -0.15) is 0 Å². The molecule has 84 valence electrons. The first-order chi connectivity index (χ1) is 7.65. The Morgan fingerprint density at radius 1 is 1.44 bits per heavy atom. The molecular formula is C11H12N2O2S. The van der Waals surface area contributed by atoms with Gasteiger partial charge in [0.05, 0.1) is 17.5 Å². The average molecular weight is 236 g/mol. The smallest absolute Gasteiger partial charge is 0.260 e. The van der Waals surface area contributed by atoms with E-state index < -0.39 is 6.10 Å². The molecular weight excluding hydrogens is 224 g/mol. The Morgan fingerprint density at radius 3 is 2.75 bits per heavy atom. The van der Waals surface area contributed by atoms with Crippen LogP contribution in [0, 0.1) is 6.92 Å². The third-order valence-corrected chi connectivity index (χ3v) is 2.83. The number of aliphatic hydroxyl groups excluding tert-OH is 1. The van der Waals surface area contributed by atoms with E-state index >= 15 is 0 Å². The van der Waals surface area contributed by atoms with Crippen molar-refractivity contribution >= 4 is 11.8 Å². The Morgan fingerprint density at radius 2 is 2.25 bits per heavy atom. The highest BCUT2D eigenvalue weighted by atomic mass is 32.2. The average Bonchev–Trinajstić information content (AvgIpc) is 2.65. The topological polar surface area (TPSA) is 59.2 Å². The van der Waals surface area contributed by atoms with Gasteiger partial charge in [0.1, 0.15) is 6.26 Å². The van der Waals surface area contributed by atoms with Crippen molar-refractivity contribution in [2.75, 3.05) is 0 Å². The lowest BCUT2D eigenvalue weighted by molar-refractivity contribution is 0.194.